The summed E-state index contributed by atoms with van der Waals surface area (Å²) in [4.78, 5) is 10.3. The molecule has 0 bridgehead atoms. The number of aromatic nitrogens is 2. The van der Waals surface area contributed by atoms with Crippen LogP contribution < -0.4 is 0 Å². The van der Waals surface area contributed by atoms with E-state index in [2.05, 4.69) is 5.10 Å². The minimum atomic E-state index is 0.543. The zero-order valence-corrected chi connectivity index (χ0v) is 8.10. The molecule has 14 heavy (non-hydrogen) atoms. The molecule has 0 unspecified atom stereocenters. The van der Waals surface area contributed by atoms with Crippen LogP contribution in [-0.4, -0.2) is 16.1 Å². The van der Waals surface area contributed by atoms with E-state index in [1.807, 2.05) is 36.0 Å². The number of nitrogens with zero attached hydrogens (tertiary/aromatic N) is 2. The van der Waals surface area contributed by atoms with E-state index in [-0.39, 0.29) is 0 Å². The van der Waals surface area contributed by atoms with Crippen LogP contribution in [0.1, 0.15) is 12.1 Å². The van der Waals surface area contributed by atoms with Gasteiger partial charge in [0.1, 0.15) is 6.29 Å². The number of benzene rings is 1. The molecule has 0 aliphatic rings. The first-order valence-electron chi connectivity index (χ1n) is 4.67. The third-order valence-electron chi connectivity index (χ3n) is 2.33. The molecule has 0 saturated heterocycles. The predicted molar refractivity (Wildman–Crippen MR) is 55.1 cm³/mol. The zero-order valence-electron chi connectivity index (χ0n) is 8.10. The van der Waals surface area contributed by atoms with E-state index in [1.165, 1.54) is 0 Å². The van der Waals surface area contributed by atoms with E-state index in [9.17, 15) is 4.79 Å². The van der Waals surface area contributed by atoms with Gasteiger partial charge in [0.25, 0.3) is 0 Å². The van der Waals surface area contributed by atoms with E-state index in [0.717, 1.165) is 29.3 Å². The Balaban J connectivity index is 2.49. The minimum absolute atomic E-state index is 0.543. The van der Waals surface area contributed by atoms with Crippen LogP contribution in [-0.2, 0) is 18.3 Å². The molecule has 1 aromatic carbocycles. The van der Waals surface area contributed by atoms with Gasteiger partial charge in [-0.25, -0.2) is 0 Å². The van der Waals surface area contributed by atoms with Gasteiger partial charge in [0.05, 0.1) is 11.2 Å². The lowest BCUT2D eigenvalue weighted by Crippen LogP contribution is -1.92. The summed E-state index contributed by atoms with van der Waals surface area (Å²) < 4.78 is 1.86. The molecule has 0 amide bonds. The number of para-hydroxylation sites is 1. The van der Waals surface area contributed by atoms with Crippen LogP contribution >= 0.6 is 0 Å². The van der Waals surface area contributed by atoms with E-state index in [4.69, 9.17) is 0 Å². The number of rotatable bonds is 3. The summed E-state index contributed by atoms with van der Waals surface area (Å²) >= 11 is 0. The molecular weight excluding hydrogens is 176 g/mol. The number of fused-ring (bicyclic) bond motifs is 1. The maximum Gasteiger partial charge on any atom is 0.120 e. The van der Waals surface area contributed by atoms with Crippen molar-refractivity contribution in [2.75, 3.05) is 0 Å². The van der Waals surface area contributed by atoms with Gasteiger partial charge in [-0.3, -0.25) is 4.68 Å². The van der Waals surface area contributed by atoms with Crippen LogP contribution in [0.2, 0.25) is 0 Å². The monoisotopic (exact) mass is 188 g/mol. The molecule has 0 N–H and O–H groups in total. The van der Waals surface area contributed by atoms with Gasteiger partial charge in [-0.2, -0.15) is 5.10 Å². The van der Waals surface area contributed by atoms with Crippen LogP contribution in [0, 0.1) is 0 Å². The maximum atomic E-state index is 10.3. The van der Waals surface area contributed by atoms with Crippen molar-refractivity contribution in [3.05, 3.63) is 30.0 Å². The SMILES string of the molecule is Cn1nc(CCC=O)c2ccccc21. The molecule has 0 saturated carbocycles. The highest BCUT2D eigenvalue weighted by Gasteiger charge is 2.06. The Hall–Kier alpha value is -1.64. The number of aldehydes is 1. The highest BCUT2D eigenvalue weighted by Crippen LogP contribution is 2.17. The number of hydrogen-bond donors (Lipinski definition) is 0. The van der Waals surface area contributed by atoms with Crippen molar-refractivity contribution in [3.63, 3.8) is 0 Å². The van der Waals surface area contributed by atoms with E-state index in [0.29, 0.717) is 6.42 Å². The van der Waals surface area contributed by atoms with Gasteiger partial charge >= 0.3 is 0 Å². The quantitative estimate of drug-likeness (QED) is 0.687. The second kappa shape index (κ2) is 3.62. The summed E-state index contributed by atoms with van der Waals surface area (Å²) in [6, 6.07) is 8.07. The van der Waals surface area contributed by atoms with Crippen LogP contribution in [0.4, 0.5) is 0 Å². The third kappa shape index (κ3) is 1.41. The Morgan fingerprint density at radius 1 is 1.43 bits per heavy atom. The average Bonchev–Trinajstić information content (AvgIpc) is 2.54. The maximum absolute atomic E-state index is 10.3. The zero-order chi connectivity index (χ0) is 9.97. The molecule has 0 aliphatic heterocycles. The largest absolute Gasteiger partial charge is 0.303 e. The molecule has 1 heterocycles. The molecule has 3 heteroatoms. The molecule has 0 radical (unpaired) electrons. The first-order valence-corrected chi connectivity index (χ1v) is 4.67. The summed E-state index contributed by atoms with van der Waals surface area (Å²) in [7, 11) is 1.92. The van der Waals surface area contributed by atoms with Crippen molar-refractivity contribution in [1.82, 2.24) is 9.78 Å². The first kappa shape index (κ1) is 8.94. The standard InChI is InChI=1S/C11H12N2O/c1-13-11-7-3-2-5-9(11)10(12-13)6-4-8-14/h2-3,5,7-8H,4,6H2,1H3. The van der Waals surface area contributed by atoms with E-state index < -0.39 is 0 Å². The Labute approximate surface area is 82.3 Å². The molecule has 0 aliphatic carbocycles. The van der Waals surface area contributed by atoms with Crippen LogP contribution in [0.15, 0.2) is 24.3 Å². The third-order valence-corrected chi connectivity index (χ3v) is 2.33. The second-order valence-electron chi connectivity index (χ2n) is 3.29. The van der Waals surface area contributed by atoms with Crippen molar-refractivity contribution in [3.8, 4) is 0 Å². The predicted octanol–water partition coefficient (Wildman–Crippen LogP) is 1.70. The number of carbonyl (C=O) groups is 1. The fourth-order valence-electron chi connectivity index (χ4n) is 1.67. The molecule has 72 valence electrons. The van der Waals surface area contributed by atoms with Crippen molar-refractivity contribution < 1.29 is 4.79 Å². The summed E-state index contributed by atoms with van der Waals surface area (Å²) in [5.74, 6) is 0. The highest BCUT2D eigenvalue weighted by molar-refractivity contribution is 5.82. The molecule has 1 aromatic heterocycles. The molecular formula is C11H12N2O. The van der Waals surface area contributed by atoms with Crippen molar-refractivity contribution in [2.24, 2.45) is 7.05 Å². The van der Waals surface area contributed by atoms with E-state index >= 15 is 0 Å². The Morgan fingerprint density at radius 2 is 2.21 bits per heavy atom. The number of carbonyl (C=O) groups excluding carboxylic acids is 1. The molecule has 0 spiro atoms. The Morgan fingerprint density at radius 3 is 3.00 bits per heavy atom. The van der Waals surface area contributed by atoms with Gasteiger partial charge in [-0.15, -0.1) is 0 Å². The lowest BCUT2D eigenvalue weighted by atomic mass is 10.1. The van der Waals surface area contributed by atoms with Crippen LogP contribution in [0.5, 0.6) is 0 Å². The minimum Gasteiger partial charge on any atom is -0.303 e. The Bertz CT molecular complexity index is 459. The fourth-order valence-corrected chi connectivity index (χ4v) is 1.67. The van der Waals surface area contributed by atoms with Gasteiger partial charge in [0, 0.05) is 18.9 Å². The smallest absolute Gasteiger partial charge is 0.120 e. The lowest BCUT2D eigenvalue weighted by molar-refractivity contribution is -0.107. The summed E-state index contributed by atoms with van der Waals surface area (Å²) in [5, 5.41) is 5.53. The van der Waals surface area contributed by atoms with Gasteiger partial charge in [0.15, 0.2) is 0 Å². The van der Waals surface area contributed by atoms with Gasteiger partial charge in [-0.05, 0) is 12.5 Å². The molecule has 0 fully saturated rings. The van der Waals surface area contributed by atoms with Gasteiger partial charge in [-0.1, -0.05) is 18.2 Å². The van der Waals surface area contributed by atoms with Crippen molar-refractivity contribution in [2.45, 2.75) is 12.8 Å². The van der Waals surface area contributed by atoms with Crippen molar-refractivity contribution in [1.29, 1.82) is 0 Å². The van der Waals surface area contributed by atoms with Gasteiger partial charge in [0.2, 0.25) is 0 Å². The summed E-state index contributed by atoms with van der Waals surface area (Å²) in [5.41, 5.74) is 2.13. The summed E-state index contributed by atoms with van der Waals surface area (Å²) in [6.45, 7) is 0. The molecule has 3 nitrogen and oxygen atoms in total. The molecule has 0 atom stereocenters. The summed E-state index contributed by atoms with van der Waals surface area (Å²) in [6.07, 6.45) is 2.20. The van der Waals surface area contributed by atoms with E-state index in [1.54, 1.807) is 0 Å². The molecule has 2 aromatic rings. The van der Waals surface area contributed by atoms with Gasteiger partial charge < -0.3 is 4.79 Å². The normalized spacial score (nSPS) is 10.6. The number of hydrogen-bond acceptors (Lipinski definition) is 2. The first-order chi connectivity index (χ1) is 6.83. The topological polar surface area (TPSA) is 34.9 Å². The lowest BCUT2D eigenvalue weighted by Gasteiger charge is -1.91. The average molecular weight is 188 g/mol. The second-order valence-corrected chi connectivity index (χ2v) is 3.29. The van der Waals surface area contributed by atoms with Crippen LogP contribution in [0.3, 0.4) is 0 Å². The van der Waals surface area contributed by atoms with Crippen molar-refractivity contribution >= 4 is 17.2 Å². The highest BCUT2D eigenvalue weighted by atomic mass is 16.1. The fraction of sp³-hybridized carbons (Fsp3) is 0.273. The Kier molecular flexibility index (Phi) is 2.31. The molecule has 2 rings (SSSR count). The number of aryl methyl sites for hydroxylation is 2. The van der Waals surface area contributed by atoms with Crippen LogP contribution in [0.25, 0.3) is 10.9 Å².